The largest absolute Gasteiger partial charge is 0.419 e. The summed E-state index contributed by atoms with van der Waals surface area (Å²) in [6.45, 7) is 3.39. The second-order valence-corrected chi connectivity index (χ2v) is 5.18. The first kappa shape index (κ1) is 17.1. The summed E-state index contributed by atoms with van der Waals surface area (Å²) in [5, 5.41) is -0.244. The Bertz CT molecular complexity index is 744. The number of hydrogen-bond donors (Lipinski definition) is 0. The zero-order valence-electron chi connectivity index (χ0n) is 11.9. The first-order valence-corrected chi connectivity index (χ1v) is 6.99. The minimum absolute atomic E-state index is 0.0623. The van der Waals surface area contributed by atoms with Gasteiger partial charge in [-0.05, 0) is 28.8 Å². The Morgan fingerprint density at radius 2 is 2.00 bits per heavy atom. The molecule has 3 nitrogen and oxygen atoms in total. The molecule has 1 heterocycles. The number of allylic oxidation sites excluding steroid dienone is 1. The zero-order chi connectivity index (χ0) is 17.0. The van der Waals surface area contributed by atoms with Crippen molar-refractivity contribution in [2.75, 3.05) is 0 Å². The van der Waals surface area contributed by atoms with Gasteiger partial charge in [0.15, 0.2) is 5.78 Å². The summed E-state index contributed by atoms with van der Waals surface area (Å²) < 4.78 is 39.0. The Morgan fingerprint density at radius 1 is 1.30 bits per heavy atom. The van der Waals surface area contributed by atoms with Gasteiger partial charge in [-0.3, -0.25) is 4.79 Å². The molecule has 0 aliphatic rings. The van der Waals surface area contributed by atoms with Crippen molar-refractivity contribution in [3.63, 3.8) is 0 Å². The standard InChI is InChI=1S/C16H12ClF3N2O/c1-2-12(23)7-10-4-3-5-11(6-10)8-14-13(16(18,19)20)9-21-15(17)22-14/h2-6,9H,1,7-8H2. The molecule has 0 fully saturated rings. The second kappa shape index (κ2) is 6.91. The maximum absolute atomic E-state index is 13.0. The fourth-order valence-corrected chi connectivity index (χ4v) is 2.23. The molecule has 0 spiro atoms. The van der Waals surface area contributed by atoms with E-state index in [1.54, 1.807) is 24.3 Å². The zero-order valence-corrected chi connectivity index (χ0v) is 12.7. The number of aromatic nitrogens is 2. The Balaban J connectivity index is 2.32. The average Bonchev–Trinajstić information content (AvgIpc) is 2.46. The van der Waals surface area contributed by atoms with Crippen LogP contribution >= 0.6 is 11.6 Å². The first-order valence-electron chi connectivity index (χ1n) is 6.61. The number of hydrogen-bond acceptors (Lipinski definition) is 3. The van der Waals surface area contributed by atoms with E-state index in [0.29, 0.717) is 17.3 Å². The van der Waals surface area contributed by atoms with Crippen LogP contribution in [0.1, 0.15) is 22.4 Å². The van der Waals surface area contributed by atoms with Crippen LogP contribution in [0, 0.1) is 0 Å². The normalized spacial score (nSPS) is 11.3. The van der Waals surface area contributed by atoms with Crippen LogP contribution in [0.15, 0.2) is 43.1 Å². The van der Waals surface area contributed by atoms with Crippen LogP contribution in [0.3, 0.4) is 0 Å². The molecule has 2 rings (SSSR count). The smallest absolute Gasteiger partial charge is 0.295 e. The van der Waals surface area contributed by atoms with Crippen LogP contribution in [0.25, 0.3) is 0 Å². The number of carbonyl (C=O) groups excluding carboxylic acids is 1. The van der Waals surface area contributed by atoms with E-state index in [2.05, 4.69) is 16.5 Å². The summed E-state index contributed by atoms with van der Waals surface area (Å²) in [6.07, 6.45) is -2.59. The lowest BCUT2D eigenvalue weighted by Crippen LogP contribution is -2.12. The number of alkyl halides is 3. The highest BCUT2D eigenvalue weighted by Gasteiger charge is 2.34. The maximum Gasteiger partial charge on any atom is 0.419 e. The third-order valence-electron chi connectivity index (χ3n) is 3.11. The molecule has 0 aliphatic carbocycles. The molecule has 0 amide bonds. The minimum Gasteiger partial charge on any atom is -0.295 e. The molecule has 0 saturated heterocycles. The van der Waals surface area contributed by atoms with Crippen molar-refractivity contribution in [3.8, 4) is 0 Å². The number of halogens is 4. The number of carbonyl (C=O) groups is 1. The third kappa shape index (κ3) is 4.63. The summed E-state index contributed by atoms with van der Waals surface area (Å²) in [5.74, 6) is -0.164. The number of ketones is 1. The van der Waals surface area contributed by atoms with Gasteiger partial charge in [0.05, 0.1) is 11.3 Å². The van der Waals surface area contributed by atoms with Gasteiger partial charge in [0.2, 0.25) is 5.28 Å². The fraction of sp³-hybridized carbons (Fsp3) is 0.188. The molecular weight excluding hydrogens is 329 g/mol. The molecule has 0 aliphatic heterocycles. The van der Waals surface area contributed by atoms with Crippen LogP contribution in [-0.2, 0) is 23.8 Å². The van der Waals surface area contributed by atoms with Crippen molar-refractivity contribution in [1.82, 2.24) is 9.97 Å². The van der Waals surface area contributed by atoms with E-state index in [0.717, 1.165) is 0 Å². The lowest BCUT2D eigenvalue weighted by molar-refractivity contribution is -0.138. The molecule has 1 aromatic heterocycles. The Labute approximate surface area is 135 Å². The first-order chi connectivity index (χ1) is 10.8. The molecule has 0 atom stereocenters. The molecule has 1 aromatic carbocycles. The van der Waals surface area contributed by atoms with Gasteiger partial charge in [0.1, 0.15) is 0 Å². The van der Waals surface area contributed by atoms with Crippen molar-refractivity contribution in [3.05, 3.63) is 70.8 Å². The topological polar surface area (TPSA) is 42.9 Å². The fourth-order valence-electron chi connectivity index (χ4n) is 2.08. The Kier molecular flexibility index (Phi) is 5.15. The molecule has 0 radical (unpaired) electrons. The van der Waals surface area contributed by atoms with E-state index in [1.165, 1.54) is 6.08 Å². The van der Waals surface area contributed by atoms with E-state index < -0.39 is 11.7 Å². The number of rotatable bonds is 5. The third-order valence-corrected chi connectivity index (χ3v) is 3.29. The predicted octanol–water partition coefficient (Wildman–Crippen LogP) is 4.04. The van der Waals surface area contributed by atoms with E-state index in [1.807, 2.05) is 0 Å². The SMILES string of the molecule is C=CC(=O)Cc1cccc(Cc2nc(Cl)ncc2C(F)(F)F)c1. The van der Waals surface area contributed by atoms with E-state index in [4.69, 9.17) is 11.6 Å². The van der Waals surface area contributed by atoms with Crippen molar-refractivity contribution >= 4 is 17.4 Å². The number of nitrogens with zero attached hydrogens (tertiary/aromatic N) is 2. The van der Waals surface area contributed by atoms with E-state index >= 15 is 0 Å². The van der Waals surface area contributed by atoms with Gasteiger partial charge >= 0.3 is 6.18 Å². The molecule has 23 heavy (non-hydrogen) atoms. The van der Waals surface area contributed by atoms with Gasteiger partial charge in [-0.15, -0.1) is 0 Å². The van der Waals surface area contributed by atoms with Crippen LogP contribution in [-0.4, -0.2) is 15.8 Å². The van der Waals surface area contributed by atoms with Gasteiger partial charge in [0.25, 0.3) is 0 Å². The highest BCUT2D eigenvalue weighted by Crippen LogP contribution is 2.32. The van der Waals surface area contributed by atoms with Crippen molar-refractivity contribution in [1.29, 1.82) is 0 Å². The molecule has 120 valence electrons. The summed E-state index contributed by atoms with van der Waals surface area (Å²) in [5.41, 5.74) is 0.167. The van der Waals surface area contributed by atoms with Crippen LogP contribution < -0.4 is 0 Å². The molecule has 0 bridgehead atoms. The molecule has 0 saturated carbocycles. The van der Waals surface area contributed by atoms with Crippen LogP contribution in [0.5, 0.6) is 0 Å². The van der Waals surface area contributed by atoms with E-state index in [9.17, 15) is 18.0 Å². The Morgan fingerprint density at radius 3 is 2.65 bits per heavy atom. The summed E-state index contributed by atoms with van der Waals surface area (Å²) in [6, 6.07) is 6.73. The monoisotopic (exact) mass is 340 g/mol. The minimum atomic E-state index is -4.56. The van der Waals surface area contributed by atoms with Gasteiger partial charge in [-0.25, -0.2) is 9.97 Å². The van der Waals surface area contributed by atoms with Gasteiger partial charge in [-0.1, -0.05) is 30.8 Å². The van der Waals surface area contributed by atoms with Crippen molar-refractivity contribution in [2.24, 2.45) is 0 Å². The van der Waals surface area contributed by atoms with E-state index in [-0.39, 0.29) is 29.6 Å². The summed E-state index contributed by atoms with van der Waals surface area (Å²) in [4.78, 5) is 18.5. The predicted molar refractivity (Wildman–Crippen MR) is 80.2 cm³/mol. The second-order valence-electron chi connectivity index (χ2n) is 4.84. The highest BCUT2D eigenvalue weighted by molar-refractivity contribution is 6.28. The summed E-state index contributed by atoms with van der Waals surface area (Å²) in [7, 11) is 0. The average molecular weight is 341 g/mol. The quantitative estimate of drug-likeness (QED) is 0.609. The number of benzene rings is 1. The van der Waals surface area contributed by atoms with Gasteiger partial charge in [-0.2, -0.15) is 13.2 Å². The Hall–Kier alpha value is -2.21. The van der Waals surface area contributed by atoms with Crippen molar-refractivity contribution in [2.45, 2.75) is 19.0 Å². The molecule has 7 heteroatoms. The summed E-state index contributed by atoms with van der Waals surface area (Å²) >= 11 is 5.61. The lowest BCUT2D eigenvalue weighted by Gasteiger charge is -2.12. The van der Waals surface area contributed by atoms with Crippen molar-refractivity contribution < 1.29 is 18.0 Å². The highest BCUT2D eigenvalue weighted by atomic mass is 35.5. The van der Waals surface area contributed by atoms with Gasteiger partial charge < -0.3 is 0 Å². The molecule has 0 N–H and O–H groups in total. The van der Waals surface area contributed by atoms with Crippen LogP contribution in [0.4, 0.5) is 13.2 Å². The molecule has 2 aromatic rings. The molecule has 0 unspecified atom stereocenters. The molecular formula is C16H12ClF3N2O. The maximum atomic E-state index is 13.0. The van der Waals surface area contributed by atoms with Crippen LogP contribution in [0.2, 0.25) is 5.28 Å². The van der Waals surface area contributed by atoms with Gasteiger partial charge in [0, 0.05) is 19.0 Å². The lowest BCUT2D eigenvalue weighted by atomic mass is 10.0.